The molecule has 1 fully saturated rings. The number of aromatic nitrogens is 4. The molecule has 3 aromatic rings. The number of fused-ring (bicyclic) bond motifs is 1. The van der Waals surface area contributed by atoms with Gasteiger partial charge in [0.15, 0.2) is 0 Å². The van der Waals surface area contributed by atoms with Crippen LogP contribution in [0.5, 0.6) is 5.75 Å². The van der Waals surface area contributed by atoms with E-state index in [-0.39, 0.29) is 23.0 Å². The number of benzene rings is 1. The van der Waals surface area contributed by atoms with Gasteiger partial charge in [0, 0.05) is 23.0 Å². The van der Waals surface area contributed by atoms with Crippen molar-refractivity contribution in [3.8, 4) is 17.0 Å². The van der Waals surface area contributed by atoms with Crippen molar-refractivity contribution in [2.24, 2.45) is 0 Å². The summed E-state index contributed by atoms with van der Waals surface area (Å²) in [4.78, 5) is 3.01. The number of rotatable bonds is 6. The summed E-state index contributed by atoms with van der Waals surface area (Å²) >= 11 is 1.33. The SMILES string of the molecule is CCN1CCC[C@@H](Nc2nnc(-c3ccc(SC)cc3OC(F)(F)F)c3cc(C)nn23)C1. The number of anilines is 1. The number of nitrogens with one attached hydrogen (secondary N) is 1. The highest BCUT2D eigenvalue weighted by Crippen LogP contribution is 2.37. The predicted octanol–water partition coefficient (Wildman–Crippen LogP) is 4.62. The van der Waals surface area contributed by atoms with E-state index >= 15 is 0 Å². The van der Waals surface area contributed by atoms with E-state index in [1.807, 2.05) is 6.92 Å². The standard InChI is InChI=1S/C21H25F3N6OS/c1-4-29-9-5-6-14(12-29)25-20-27-26-19(17-10-13(2)28-30(17)20)16-8-7-15(32-3)11-18(16)31-21(22,23)24/h7-8,10-11,14H,4-6,9,12H2,1-3H3,(H,25,27)/t14-/m1/s1. The first kappa shape index (κ1) is 22.7. The van der Waals surface area contributed by atoms with Crippen molar-refractivity contribution in [3.63, 3.8) is 0 Å². The summed E-state index contributed by atoms with van der Waals surface area (Å²) in [6.45, 7) is 6.90. The van der Waals surface area contributed by atoms with Gasteiger partial charge in [-0.05, 0) is 63.4 Å². The van der Waals surface area contributed by atoms with Gasteiger partial charge in [-0.1, -0.05) is 6.92 Å². The first-order valence-corrected chi connectivity index (χ1v) is 11.7. The quantitative estimate of drug-likeness (QED) is 0.532. The topological polar surface area (TPSA) is 67.6 Å². The van der Waals surface area contributed by atoms with Crippen LogP contribution in [0.2, 0.25) is 0 Å². The molecule has 0 saturated carbocycles. The number of ether oxygens (including phenoxy) is 1. The van der Waals surface area contributed by atoms with Crippen molar-refractivity contribution < 1.29 is 17.9 Å². The Morgan fingerprint density at radius 3 is 2.78 bits per heavy atom. The minimum Gasteiger partial charge on any atom is -0.405 e. The fourth-order valence-corrected chi connectivity index (χ4v) is 4.41. The average molecular weight is 467 g/mol. The molecule has 2 aromatic heterocycles. The summed E-state index contributed by atoms with van der Waals surface area (Å²) in [6, 6.07) is 6.66. The van der Waals surface area contributed by atoms with Crippen molar-refractivity contribution in [1.29, 1.82) is 0 Å². The van der Waals surface area contributed by atoms with Gasteiger partial charge in [-0.15, -0.1) is 35.1 Å². The van der Waals surface area contributed by atoms with Crippen molar-refractivity contribution in [2.75, 3.05) is 31.2 Å². The molecule has 1 saturated heterocycles. The third kappa shape index (κ3) is 4.93. The Morgan fingerprint density at radius 2 is 2.06 bits per heavy atom. The molecular weight excluding hydrogens is 441 g/mol. The van der Waals surface area contributed by atoms with Crippen LogP contribution >= 0.6 is 11.8 Å². The van der Waals surface area contributed by atoms with Crippen molar-refractivity contribution >= 4 is 23.2 Å². The molecule has 172 valence electrons. The number of piperidine rings is 1. The van der Waals surface area contributed by atoms with E-state index in [0.717, 1.165) is 32.5 Å². The Labute approximate surface area is 188 Å². The number of nitrogens with zero attached hydrogens (tertiary/aromatic N) is 5. The number of thioether (sulfide) groups is 1. The Kier molecular flexibility index (Phi) is 6.47. The Hall–Kier alpha value is -2.53. The predicted molar refractivity (Wildman–Crippen MR) is 118 cm³/mol. The summed E-state index contributed by atoms with van der Waals surface area (Å²) in [5.41, 5.74) is 1.76. The van der Waals surface area contributed by atoms with Crippen molar-refractivity contribution in [3.05, 3.63) is 30.0 Å². The number of alkyl halides is 3. The lowest BCUT2D eigenvalue weighted by molar-refractivity contribution is -0.274. The van der Waals surface area contributed by atoms with E-state index in [2.05, 4.69) is 37.2 Å². The Morgan fingerprint density at radius 1 is 1.25 bits per heavy atom. The maximum Gasteiger partial charge on any atom is 0.573 e. The Balaban J connectivity index is 1.75. The lowest BCUT2D eigenvalue weighted by Gasteiger charge is -2.32. The molecular formula is C21H25F3N6OS. The molecule has 11 heteroatoms. The molecule has 7 nitrogen and oxygen atoms in total. The van der Waals surface area contributed by atoms with E-state index < -0.39 is 6.36 Å². The zero-order valence-electron chi connectivity index (χ0n) is 18.1. The third-order valence-electron chi connectivity index (χ3n) is 5.48. The monoisotopic (exact) mass is 466 g/mol. The largest absolute Gasteiger partial charge is 0.573 e. The van der Waals surface area contributed by atoms with E-state index in [0.29, 0.717) is 22.1 Å². The van der Waals surface area contributed by atoms with E-state index in [1.165, 1.54) is 17.8 Å². The minimum absolute atomic E-state index is 0.196. The molecule has 1 aliphatic heterocycles. The maximum absolute atomic E-state index is 13.1. The number of hydrogen-bond donors (Lipinski definition) is 1. The summed E-state index contributed by atoms with van der Waals surface area (Å²) < 4.78 is 45.2. The summed E-state index contributed by atoms with van der Waals surface area (Å²) in [6.07, 6.45) is -0.949. The molecule has 0 amide bonds. The van der Waals surface area contributed by atoms with Gasteiger partial charge in [0.05, 0.1) is 11.2 Å². The summed E-state index contributed by atoms with van der Waals surface area (Å²) in [7, 11) is 0. The van der Waals surface area contributed by atoms with Crippen LogP contribution in [0.4, 0.5) is 19.1 Å². The Bertz CT molecular complexity index is 1100. The van der Waals surface area contributed by atoms with Crippen molar-refractivity contribution in [1.82, 2.24) is 24.7 Å². The minimum atomic E-state index is -4.82. The second-order valence-electron chi connectivity index (χ2n) is 7.74. The normalized spacial score (nSPS) is 17.6. The van der Waals surface area contributed by atoms with Crippen LogP contribution < -0.4 is 10.1 Å². The highest BCUT2D eigenvalue weighted by Gasteiger charge is 2.33. The van der Waals surface area contributed by atoms with Crippen LogP contribution in [0.1, 0.15) is 25.5 Å². The zero-order valence-corrected chi connectivity index (χ0v) is 18.9. The van der Waals surface area contributed by atoms with Crippen molar-refractivity contribution in [2.45, 2.75) is 44.0 Å². The zero-order chi connectivity index (χ0) is 22.9. The van der Waals surface area contributed by atoms with Gasteiger partial charge in [0.1, 0.15) is 11.4 Å². The van der Waals surface area contributed by atoms with Crippen LogP contribution in [0.25, 0.3) is 16.8 Å². The van der Waals surface area contributed by atoms with Gasteiger partial charge in [0.2, 0.25) is 5.95 Å². The van der Waals surface area contributed by atoms with E-state index in [9.17, 15) is 13.2 Å². The molecule has 1 aliphatic rings. The molecule has 1 N–H and O–H groups in total. The lowest BCUT2D eigenvalue weighted by atomic mass is 10.1. The second-order valence-corrected chi connectivity index (χ2v) is 8.62. The maximum atomic E-state index is 13.1. The fraction of sp³-hybridized carbons (Fsp3) is 0.476. The first-order chi connectivity index (χ1) is 15.3. The average Bonchev–Trinajstić information content (AvgIpc) is 3.15. The summed E-state index contributed by atoms with van der Waals surface area (Å²) in [5.74, 6) is 0.157. The smallest absolute Gasteiger partial charge is 0.405 e. The molecule has 0 aliphatic carbocycles. The fourth-order valence-electron chi connectivity index (χ4n) is 3.98. The molecule has 32 heavy (non-hydrogen) atoms. The third-order valence-corrected chi connectivity index (χ3v) is 6.20. The number of likely N-dealkylation sites (tertiary alicyclic amines) is 1. The van der Waals surface area contributed by atoms with E-state index in [1.54, 1.807) is 29.0 Å². The van der Waals surface area contributed by atoms with E-state index in [4.69, 9.17) is 0 Å². The molecule has 3 heterocycles. The molecule has 1 atom stereocenters. The van der Waals surface area contributed by atoms with Gasteiger partial charge in [0.25, 0.3) is 0 Å². The number of hydrogen-bond acceptors (Lipinski definition) is 7. The highest BCUT2D eigenvalue weighted by atomic mass is 32.2. The molecule has 4 rings (SSSR count). The van der Waals surface area contributed by atoms with Crippen LogP contribution in [0.3, 0.4) is 0 Å². The molecule has 0 radical (unpaired) electrons. The molecule has 0 spiro atoms. The van der Waals surface area contributed by atoms with Crippen LogP contribution in [-0.2, 0) is 0 Å². The number of aryl methyl sites for hydroxylation is 1. The number of likely N-dealkylation sites (N-methyl/N-ethyl adjacent to an activating group) is 1. The van der Waals surface area contributed by atoms with Gasteiger partial charge in [-0.2, -0.15) is 9.61 Å². The highest BCUT2D eigenvalue weighted by molar-refractivity contribution is 7.98. The lowest BCUT2D eigenvalue weighted by Crippen LogP contribution is -2.42. The first-order valence-electron chi connectivity index (χ1n) is 10.4. The van der Waals surface area contributed by atoms with Gasteiger partial charge in [-0.3, -0.25) is 0 Å². The molecule has 0 unspecified atom stereocenters. The van der Waals surface area contributed by atoms with Crippen LogP contribution in [0.15, 0.2) is 29.2 Å². The van der Waals surface area contributed by atoms with Gasteiger partial charge in [-0.25, -0.2) is 0 Å². The van der Waals surface area contributed by atoms with Crippen LogP contribution in [0, 0.1) is 6.92 Å². The van der Waals surface area contributed by atoms with Gasteiger partial charge < -0.3 is 15.0 Å². The molecule has 1 aromatic carbocycles. The van der Waals surface area contributed by atoms with Gasteiger partial charge >= 0.3 is 6.36 Å². The number of halogens is 3. The second kappa shape index (κ2) is 9.14. The molecule has 0 bridgehead atoms. The van der Waals surface area contributed by atoms with Crippen LogP contribution in [-0.4, -0.2) is 63.0 Å². The summed E-state index contributed by atoms with van der Waals surface area (Å²) in [5, 5.41) is 16.5.